The Kier molecular flexibility index (Phi) is 3.88. The summed E-state index contributed by atoms with van der Waals surface area (Å²) in [6, 6.07) is 8.60. The number of hydrogen-bond acceptors (Lipinski definition) is 2. The first-order valence-electron chi connectivity index (χ1n) is 7.53. The molecular formula is C17H23N3. The molecule has 0 radical (unpaired) electrons. The molecule has 3 nitrogen and oxygen atoms in total. The standard InChI is InChI=1S/C17H23N3/c1-13-5-3-4-6-15(13)16-12-19-20(2)17(16)11-14-7-9-18-10-8-14/h3-6,12,14,18H,7-11H2,1-2H3. The fourth-order valence-corrected chi connectivity index (χ4v) is 3.16. The van der Waals surface area contributed by atoms with Gasteiger partial charge in [0.1, 0.15) is 0 Å². The number of hydrogen-bond donors (Lipinski definition) is 1. The van der Waals surface area contributed by atoms with Crippen molar-refractivity contribution in [2.45, 2.75) is 26.2 Å². The predicted octanol–water partition coefficient (Wildman–Crippen LogP) is 2.94. The van der Waals surface area contributed by atoms with E-state index >= 15 is 0 Å². The molecule has 0 spiro atoms. The number of aromatic nitrogens is 2. The van der Waals surface area contributed by atoms with Crippen LogP contribution in [0.1, 0.15) is 24.1 Å². The second-order valence-corrected chi connectivity index (χ2v) is 5.84. The minimum Gasteiger partial charge on any atom is -0.317 e. The molecular weight excluding hydrogens is 246 g/mol. The van der Waals surface area contributed by atoms with Crippen molar-refractivity contribution in [2.75, 3.05) is 13.1 Å². The first-order chi connectivity index (χ1) is 9.75. The Morgan fingerprint density at radius 1 is 1.20 bits per heavy atom. The molecule has 0 atom stereocenters. The van der Waals surface area contributed by atoms with Gasteiger partial charge < -0.3 is 5.32 Å². The highest BCUT2D eigenvalue weighted by Crippen LogP contribution is 2.29. The van der Waals surface area contributed by atoms with Gasteiger partial charge in [-0.3, -0.25) is 4.68 Å². The Hall–Kier alpha value is -1.61. The molecule has 1 aromatic carbocycles. The molecule has 2 aromatic rings. The number of piperidine rings is 1. The normalized spacial score (nSPS) is 16.5. The van der Waals surface area contributed by atoms with Gasteiger partial charge in [-0.15, -0.1) is 0 Å². The lowest BCUT2D eigenvalue weighted by Gasteiger charge is -2.23. The third-order valence-electron chi connectivity index (χ3n) is 4.44. The van der Waals surface area contributed by atoms with Gasteiger partial charge >= 0.3 is 0 Å². The van der Waals surface area contributed by atoms with Crippen LogP contribution in [0.15, 0.2) is 30.5 Å². The van der Waals surface area contributed by atoms with Crippen LogP contribution in [0.3, 0.4) is 0 Å². The molecule has 1 saturated heterocycles. The summed E-state index contributed by atoms with van der Waals surface area (Å²) in [4.78, 5) is 0. The van der Waals surface area contributed by atoms with Gasteiger partial charge in [-0.1, -0.05) is 24.3 Å². The number of nitrogens with one attached hydrogen (secondary N) is 1. The van der Waals surface area contributed by atoms with E-state index in [1.807, 2.05) is 6.20 Å². The van der Waals surface area contributed by atoms with Gasteiger partial charge in [0.25, 0.3) is 0 Å². The van der Waals surface area contributed by atoms with E-state index in [9.17, 15) is 0 Å². The van der Waals surface area contributed by atoms with Gasteiger partial charge in [0.05, 0.1) is 6.20 Å². The van der Waals surface area contributed by atoms with Gasteiger partial charge in [-0.05, 0) is 56.3 Å². The molecule has 0 amide bonds. The summed E-state index contributed by atoms with van der Waals surface area (Å²) in [5, 5.41) is 7.94. The highest BCUT2D eigenvalue weighted by molar-refractivity contribution is 5.68. The van der Waals surface area contributed by atoms with Crippen LogP contribution in [-0.4, -0.2) is 22.9 Å². The summed E-state index contributed by atoms with van der Waals surface area (Å²) in [5.41, 5.74) is 5.34. The molecule has 0 unspecified atom stereocenters. The molecule has 3 heteroatoms. The van der Waals surface area contributed by atoms with E-state index in [0.29, 0.717) is 0 Å². The number of aryl methyl sites for hydroxylation is 2. The molecule has 1 aliphatic heterocycles. The Balaban J connectivity index is 1.91. The summed E-state index contributed by atoms with van der Waals surface area (Å²) in [5.74, 6) is 0.786. The van der Waals surface area contributed by atoms with E-state index in [0.717, 1.165) is 25.4 Å². The molecule has 0 aliphatic carbocycles. The van der Waals surface area contributed by atoms with Crippen LogP contribution >= 0.6 is 0 Å². The highest BCUT2D eigenvalue weighted by Gasteiger charge is 2.19. The summed E-state index contributed by atoms with van der Waals surface area (Å²) < 4.78 is 2.06. The van der Waals surface area contributed by atoms with Crippen molar-refractivity contribution in [3.63, 3.8) is 0 Å². The summed E-state index contributed by atoms with van der Waals surface area (Å²) in [7, 11) is 2.07. The summed E-state index contributed by atoms with van der Waals surface area (Å²) in [6.07, 6.45) is 5.72. The van der Waals surface area contributed by atoms with E-state index in [2.05, 4.69) is 53.3 Å². The zero-order valence-corrected chi connectivity index (χ0v) is 12.4. The van der Waals surface area contributed by atoms with Crippen LogP contribution in [-0.2, 0) is 13.5 Å². The molecule has 1 fully saturated rings. The molecule has 1 aliphatic rings. The minimum atomic E-state index is 0.786. The predicted molar refractivity (Wildman–Crippen MR) is 82.7 cm³/mol. The van der Waals surface area contributed by atoms with E-state index < -0.39 is 0 Å². The summed E-state index contributed by atoms with van der Waals surface area (Å²) in [6.45, 7) is 4.49. The van der Waals surface area contributed by atoms with Crippen molar-refractivity contribution in [2.24, 2.45) is 13.0 Å². The first-order valence-corrected chi connectivity index (χ1v) is 7.53. The van der Waals surface area contributed by atoms with Gasteiger partial charge in [-0.2, -0.15) is 5.10 Å². The topological polar surface area (TPSA) is 29.9 Å². The van der Waals surface area contributed by atoms with E-state index in [-0.39, 0.29) is 0 Å². The fraction of sp³-hybridized carbons (Fsp3) is 0.471. The fourth-order valence-electron chi connectivity index (χ4n) is 3.16. The lowest BCUT2D eigenvalue weighted by Crippen LogP contribution is -2.29. The maximum Gasteiger partial charge on any atom is 0.0571 e. The van der Waals surface area contributed by atoms with Gasteiger partial charge in [0.15, 0.2) is 0 Å². The highest BCUT2D eigenvalue weighted by atomic mass is 15.3. The van der Waals surface area contributed by atoms with Crippen molar-refractivity contribution < 1.29 is 0 Å². The largest absolute Gasteiger partial charge is 0.317 e. The van der Waals surface area contributed by atoms with Crippen LogP contribution in [0.4, 0.5) is 0 Å². The SMILES string of the molecule is Cc1ccccc1-c1cnn(C)c1CC1CCNCC1. The monoisotopic (exact) mass is 269 g/mol. The molecule has 20 heavy (non-hydrogen) atoms. The molecule has 2 heterocycles. The van der Waals surface area contributed by atoms with E-state index in [1.165, 1.54) is 35.2 Å². The average Bonchev–Trinajstić information content (AvgIpc) is 2.82. The van der Waals surface area contributed by atoms with Crippen molar-refractivity contribution in [3.8, 4) is 11.1 Å². The average molecular weight is 269 g/mol. The van der Waals surface area contributed by atoms with E-state index in [4.69, 9.17) is 0 Å². The van der Waals surface area contributed by atoms with Crippen LogP contribution in [0.2, 0.25) is 0 Å². The van der Waals surface area contributed by atoms with Crippen LogP contribution in [0.25, 0.3) is 11.1 Å². The lowest BCUT2D eigenvalue weighted by atomic mass is 9.90. The van der Waals surface area contributed by atoms with Crippen molar-refractivity contribution in [1.29, 1.82) is 0 Å². The molecule has 0 bridgehead atoms. The van der Waals surface area contributed by atoms with Crippen LogP contribution < -0.4 is 5.32 Å². The van der Waals surface area contributed by atoms with E-state index in [1.54, 1.807) is 0 Å². The second-order valence-electron chi connectivity index (χ2n) is 5.84. The minimum absolute atomic E-state index is 0.786. The van der Waals surface area contributed by atoms with Crippen LogP contribution in [0, 0.1) is 12.8 Å². The molecule has 1 N–H and O–H groups in total. The molecule has 1 aromatic heterocycles. The number of nitrogens with zero attached hydrogens (tertiary/aromatic N) is 2. The number of benzene rings is 1. The lowest BCUT2D eigenvalue weighted by molar-refractivity contribution is 0.366. The van der Waals surface area contributed by atoms with Gasteiger partial charge in [0.2, 0.25) is 0 Å². The van der Waals surface area contributed by atoms with Crippen molar-refractivity contribution in [3.05, 3.63) is 41.7 Å². The zero-order chi connectivity index (χ0) is 13.9. The summed E-state index contributed by atoms with van der Waals surface area (Å²) >= 11 is 0. The zero-order valence-electron chi connectivity index (χ0n) is 12.4. The maximum atomic E-state index is 4.50. The van der Waals surface area contributed by atoms with Crippen molar-refractivity contribution >= 4 is 0 Å². The first kappa shape index (κ1) is 13.4. The van der Waals surface area contributed by atoms with Crippen molar-refractivity contribution in [1.82, 2.24) is 15.1 Å². The Labute approximate surface area is 121 Å². The van der Waals surface area contributed by atoms with Gasteiger partial charge in [-0.25, -0.2) is 0 Å². The molecule has 3 rings (SSSR count). The molecule has 106 valence electrons. The Morgan fingerprint density at radius 3 is 2.70 bits per heavy atom. The smallest absolute Gasteiger partial charge is 0.0571 e. The quantitative estimate of drug-likeness (QED) is 0.928. The molecule has 0 saturated carbocycles. The van der Waals surface area contributed by atoms with Gasteiger partial charge in [0, 0.05) is 18.3 Å². The number of rotatable bonds is 3. The Morgan fingerprint density at radius 2 is 1.95 bits per heavy atom. The second kappa shape index (κ2) is 5.80. The third kappa shape index (κ3) is 2.63. The Bertz CT molecular complexity index is 580. The van der Waals surface area contributed by atoms with Crippen LogP contribution in [0.5, 0.6) is 0 Å². The maximum absolute atomic E-state index is 4.50. The third-order valence-corrected chi connectivity index (χ3v) is 4.44.